The number of likely N-dealkylation sites (N-methyl/N-ethyl adjacent to an activating group) is 1. The lowest BCUT2D eigenvalue weighted by Gasteiger charge is -2.38. The van der Waals surface area contributed by atoms with Crippen LogP contribution in [0.25, 0.3) is 0 Å². The summed E-state index contributed by atoms with van der Waals surface area (Å²) < 4.78 is 6.79. The summed E-state index contributed by atoms with van der Waals surface area (Å²) in [5.41, 5.74) is 0.533. The molecule has 8 heteroatoms. The predicted octanol–water partition coefficient (Wildman–Crippen LogP) is 1.98. The number of carbonyl (C=O) groups is 3. The molecule has 2 saturated heterocycles. The Morgan fingerprint density at radius 2 is 1.67 bits per heavy atom. The maximum absolute atomic E-state index is 14.4. The highest BCUT2D eigenvalue weighted by Crippen LogP contribution is 2.57. The molecule has 3 amide bonds. The van der Waals surface area contributed by atoms with Crippen LogP contribution in [0.2, 0.25) is 0 Å². The van der Waals surface area contributed by atoms with E-state index in [-0.39, 0.29) is 24.3 Å². The average Bonchev–Trinajstić information content (AvgIpc) is 3.10. The summed E-state index contributed by atoms with van der Waals surface area (Å²) in [4.78, 5) is 47.1. The molecule has 0 aromatic heterocycles. The second kappa shape index (κ2) is 8.85. The fourth-order valence-electron chi connectivity index (χ4n) is 6.71. The first kappa shape index (κ1) is 24.7. The number of unbranched alkanes of at least 4 members (excludes halogenated alkanes) is 1. The molecule has 8 nitrogen and oxygen atoms in total. The Kier molecular flexibility index (Phi) is 6.08. The van der Waals surface area contributed by atoms with Crippen LogP contribution in [0.4, 0.5) is 5.69 Å². The number of aliphatic hydroxyl groups excluding tert-OH is 1. The largest absolute Gasteiger partial charge is 0.396 e. The first-order valence-electron chi connectivity index (χ1n) is 12.8. The van der Waals surface area contributed by atoms with E-state index in [4.69, 9.17) is 4.74 Å². The number of aliphatic hydroxyl groups is 1. The molecule has 1 aromatic rings. The van der Waals surface area contributed by atoms with E-state index in [0.717, 1.165) is 16.8 Å². The Labute approximate surface area is 212 Å². The number of rotatable bonds is 5. The van der Waals surface area contributed by atoms with Gasteiger partial charge in [0.25, 0.3) is 5.91 Å². The van der Waals surface area contributed by atoms with E-state index >= 15 is 0 Å². The summed E-state index contributed by atoms with van der Waals surface area (Å²) in [5, 5.41) is 9.36. The third-order valence-corrected chi connectivity index (χ3v) is 8.27. The van der Waals surface area contributed by atoms with E-state index < -0.39 is 29.1 Å². The molecule has 0 radical (unpaired) electrons. The molecule has 5 rings (SSSR count). The van der Waals surface area contributed by atoms with E-state index in [1.807, 2.05) is 63.3 Å². The fourth-order valence-corrected chi connectivity index (χ4v) is 6.71. The Hall–Kier alpha value is -2.97. The van der Waals surface area contributed by atoms with Gasteiger partial charge in [0, 0.05) is 39.0 Å². The van der Waals surface area contributed by atoms with Gasteiger partial charge in [0.1, 0.15) is 11.6 Å². The molecular formula is C28H35N3O5. The van der Waals surface area contributed by atoms with E-state index in [9.17, 15) is 19.5 Å². The van der Waals surface area contributed by atoms with Gasteiger partial charge in [0.2, 0.25) is 11.8 Å². The van der Waals surface area contributed by atoms with Crippen LogP contribution in [0, 0.1) is 25.7 Å². The number of anilines is 1. The van der Waals surface area contributed by atoms with Crippen LogP contribution in [-0.4, -0.2) is 83.2 Å². The second-order valence-corrected chi connectivity index (χ2v) is 10.7. The Morgan fingerprint density at radius 3 is 2.36 bits per heavy atom. The lowest BCUT2D eigenvalue weighted by molar-refractivity contribution is -0.148. The van der Waals surface area contributed by atoms with Gasteiger partial charge in [0.05, 0.1) is 17.4 Å². The molecular weight excluding hydrogens is 458 g/mol. The molecule has 1 aromatic carbocycles. The fraction of sp³-hybridized carbons (Fsp3) is 0.536. The van der Waals surface area contributed by atoms with E-state index in [1.165, 1.54) is 0 Å². The van der Waals surface area contributed by atoms with Gasteiger partial charge in [0.15, 0.2) is 0 Å². The number of fused-ring (bicyclic) bond motifs is 2. The van der Waals surface area contributed by atoms with Gasteiger partial charge in [-0.2, -0.15) is 0 Å². The zero-order valence-electron chi connectivity index (χ0n) is 21.4. The second-order valence-electron chi connectivity index (χ2n) is 10.7. The quantitative estimate of drug-likeness (QED) is 0.501. The number of aryl methyl sites for hydroxylation is 2. The van der Waals surface area contributed by atoms with E-state index in [2.05, 4.69) is 0 Å². The highest BCUT2D eigenvalue weighted by molar-refractivity contribution is 6.06. The van der Waals surface area contributed by atoms with Crippen LogP contribution < -0.4 is 4.90 Å². The molecule has 0 aliphatic carbocycles. The summed E-state index contributed by atoms with van der Waals surface area (Å²) in [5.74, 6) is -2.13. The van der Waals surface area contributed by atoms with Crippen LogP contribution in [0.15, 0.2) is 42.5 Å². The van der Waals surface area contributed by atoms with Crippen LogP contribution in [-0.2, 0) is 19.1 Å². The van der Waals surface area contributed by atoms with E-state index in [0.29, 0.717) is 32.5 Å². The Morgan fingerprint density at radius 1 is 0.972 bits per heavy atom. The van der Waals surface area contributed by atoms with Crippen molar-refractivity contribution < 1.29 is 24.2 Å². The van der Waals surface area contributed by atoms with Crippen molar-refractivity contribution in [1.82, 2.24) is 9.80 Å². The number of para-hydroxylation sites is 1. The van der Waals surface area contributed by atoms with Gasteiger partial charge in [-0.05, 0) is 44.7 Å². The number of nitrogens with zero attached hydrogens (tertiary/aromatic N) is 3. The number of benzene rings is 1. The predicted molar refractivity (Wildman–Crippen MR) is 135 cm³/mol. The Bertz CT molecular complexity index is 1140. The number of hydrogen-bond acceptors (Lipinski definition) is 5. The highest BCUT2D eigenvalue weighted by atomic mass is 16.5. The third kappa shape index (κ3) is 3.45. The van der Waals surface area contributed by atoms with Crippen molar-refractivity contribution >= 4 is 23.4 Å². The molecule has 1 N–H and O–H groups in total. The number of hydrogen-bond donors (Lipinski definition) is 1. The zero-order valence-corrected chi connectivity index (χ0v) is 21.4. The topological polar surface area (TPSA) is 90.4 Å². The highest BCUT2D eigenvalue weighted by Gasteiger charge is 2.74. The van der Waals surface area contributed by atoms with Crippen molar-refractivity contribution in [1.29, 1.82) is 0 Å². The maximum Gasteiger partial charge on any atom is 0.253 e. The van der Waals surface area contributed by atoms with Crippen LogP contribution in [0.1, 0.15) is 30.9 Å². The molecule has 4 aliphatic rings. The summed E-state index contributed by atoms with van der Waals surface area (Å²) >= 11 is 0. The smallest absolute Gasteiger partial charge is 0.253 e. The molecule has 36 heavy (non-hydrogen) atoms. The van der Waals surface area contributed by atoms with E-state index in [1.54, 1.807) is 21.7 Å². The number of likely N-dealkylation sites (tertiary alicyclic amines) is 1. The van der Waals surface area contributed by atoms with Gasteiger partial charge < -0.3 is 24.5 Å². The summed E-state index contributed by atoms with van der Waals surface area (Å²) in [6.07, 6.45) is 8.65. The van der Waals surface area contributed by atoms with Crippen molar-refractivity contribution in [3.63, 3.8) is 0 Å². The average molecular weight is 494 g/mol. The SMILES string of the molecule is Cc1cccc(C)c1N1CC=C[C@]23O[C@@]4(C)C=CCN(C)C(=O)[C@H]4[C@H]2C(=O)N(CCCCO)C3C1=O. The minimum atomic E-state index is -1.25. The summed E-state index contributed by atoms with van der Waals surface area (Å²) in [6, 6.07) is 5.02. The maximum atomic E-state index is 14.4. The molecule has 2 fully saturated rings. The van der Waals surface area contributed by atoms with Crippen molar-refractivity contribution in [2.45, 2.75) is 50.9 Å². The summed E-state index contributed by atoms with van der Waals surface area (Å²) in [7, 11) is 1.73. The van der Waals surface area contributed by atoms with Gasteiger partial charge >= 0.3 is 0 Å². The van der Waals surface area contributed by atoms with Crippen molar-refractivity contribution in [3.8, 4) is 0 Å². The number of carbonyl (C=O) groups excluding carboxylic acids is 3. The molecule has 4 heterocycles. The van der Waals surface area contributed by atoms with Crippen LogP contribution in [0.3, 0.4) is 0 Å². The lowest BCUT2D eigenvalue weighted by Crippen LogP contribution is -2.56. The lowest BCUT2D eigenvalue weighted by atomic mass is 9.74. The van der Waals surface area contributed by atoms with Crippen molar-refractivity contribution in [2.75, 3.05) is 38.2 Å². The minimum Gasteiger partial charge on any atom is -0.396 e. The minimum absolute atomic E-state index is 0.00885. The number of amides is 3. The standard InChI is InChI=1S/C28H35N3O5/c1-18-10-7-11-19(2)22(18)30-16-9-13-28-21(20-24(33)29(4)14-8-12-27(20,3)36-28)25(34)31(15-5-6-17-32)23(28)26(30)35/h7-13,20-21,23,32H,5-6,14-17H2,1-4H3/t20-,21+,23?,27+,28+/m1/s1. The first-order valence-corrected chi connectivity index (χ1v) is 12.8. The van der Waals surface area contributed by atoms with Crippen molar-refractivity contribution in [2.24, 2.45) is 11.8 Å². The molecule has 5 atom stereocenters. The third-order valence-electron chi connectivity index (χ3n) is 8.27. The molecule has 192 valence electrons. The summed E-state index contributed by atoms with van der Waals surface area (Å²) in [6.45, 7) is 6.93. The molecule has 0 saturated carbocycles. The van der Waals surface area contributed by atoms with Crippen LogP contribution in [0.5, 0.6) is 0 Å². The van der Waals surface area contributed by atoms with Gasteiger partial charge in [-0.1, -0.05) is 42.5 Å². The normalized spacial score (nSPS) is 33.5. The zero-order chi connectivity index (χ0) is 25.8. The van der Waals surface area contributed by atoms with Gasteiger partial charge in [-0.3, -0.25) is 14.4 Å². The van der Waals surface area contributed by atoms with Gasteiger partial charge in [-0.15, -0.1) is 0 Å². The number of ether oxygens (including phenoxy) is 1. The Balaban J connectivity index is 1.65. The monoisotopic (exact) mass is 493 g/mol. The van der Waals surface area contributed by atoms with Gasteiger partial charge in [-0.25, -0.2) is 0 Å². The molecule has 1 spiro atoms. The van der Waals surface area contributed by atoms with Crippen LogP contribution >= 0.6 is 0 Å². The molecule has 4 aliphatic heterocycles. The molecule has 1 unspecified atom stereocenters. The van der Waals surface area contributed by atoms with Crippen molar-refractivity contribution in [3.05, 3.63) is 53.6 Å². The first-order chi connectivity index (χ1) is 17.2. The molecule has 0 bridgehead atoms.